The van der Waals surface area contributed by atoms with Crippen molar-refractivity contribution in [2.24, 2.45) is 0 Å². The highest BCUT2D eigenvalue weighted by Crippen LogP contribution is 2.60. The molecule has 206 valence electrons. The number of hydrogen-bond donors (Lipinski definition) is 0. The van der Waals surface area contributed by atoms with Crippen molar-refractivity contribution in [2.75, 3.05) is 0 Å². The number of para-hydroxylation sites is 1. The standard InChI is InChI=1S/C40H23O2PS/c44-43-38-16-8-7-15-34(38)41-36-22-26(23-37(40(36)43)42-35-20-18-24-9-1-2-10-27(24)39(35)43)25-17-19-32-30-13-4-3-11-28(30)29-12-5-6-14-31(29)33(32)21-25/h1-23H. The normalized spacial score (nSPS) is 16.3. The highest BCUT2D eigenvalue weighted by molar-refractivity contribution is 8.26. The zero-order valence-electron chi connectivity index (χ0n) is 23.5. The summed E-state index contributed by atoms with van der Waals surface area (Å²) < 4.78 is 13.4. The second-order valence-corrected chi connectivity index (χ2v) is 15.8. The summed E-state index contributed by atoms with van der Waals surface area (Å²) >= 11 is 6.86. The highest BCUT2D eigenvalue weighted by atomic mass is 32.4. The fraction of sp³-hybridized carbons (Fsp3) is 0. The van der Waals surface area contributed by atoms with E-state index in [4.69, 9.17) is 21.3 Å². The molecule has 10 rings (SSSR count). The second kappa shape index (κ2) is 8.80. The van der Waals surface area contributed by atoms with Crippen molar-refractivity contribution in [1.29, 1.82) is 0 Å². The molecular formula is C40H23O2PS. The van der Waals surface area contributed by atoms with Crippen molar-refractivity contribution in [3.8, 4) is 34.1 Å². The van der Waals surface area contributed by atoms with Crippen LogP contribution in [0.15, 0.2) is 140 Å². The number of benzene rings is 8. The third-order valence-electron chi connectivity index (χ3n) is 9.26. The minimum Gasteiger partial charge on any atom is -0.456 e. The van der Waals surface area contributed by atoms with Crippen molar-refractivity contribution in [1.82, 2.24) is 0 Å². The Bertz CT molecular complexity index is 2550. The van der Waals surface area contributed by atoms with E-state index in [1.807, 2.05) is 12.1 Å². The van der Waals surface area contributed by atoms with E-state index in [2.05, 4.69) is 127 Å². The maximum absolute atomic E-state index is 6.86. The molecule has 0 N–H and O–H groups in total. The van der Waals surface area contributed by atoms with Gasteiger partial charge in [0.2, 0.25) is 0 Å². The lowest BCUT2D eigenvalue weighted by Crippen LogP contribution is -2.35. The van der Waals surface area contributed by atoms with Gasteiger partial charge in [0.15, 0.2) is 0 Å². The third kappa shape index (κ3) is 3.18. The van der Waals surface area contributed by atoms with Gasteiger partial charge in [-0.25, -0.2) is 0 Å². The van der Waals surface area contributed by atoms with Crippen molar-refractivity contribution in [3.63, 3.8) is 0 Å². The molecule has 0 aromatic heterocycles. The molecule has 0 spiro atoms. The summed E-state index contributed by atoms with van der Waals surface area (Å²) in [5.41, 5.74) is 2.16. The Morgan fingerprint density at radius 3 is 1.68 bits per heavy atom. The maximum atomic E-state index is 6.86. The summed E-state index contributed by atoms with van der Waals surface area (Å²) in [6.07, 6.45) is 0. The SMILES string of the molecule is S=P12c3ccccc3Oc3cc(-c4ccc5c6ccccc6c6ccccc6c5c4)cc(c31)Oc1ccc3ccccc3c12. The van der Waals surface area contributed by atoms with E-state index in [1.165, 1.54) is 37.7 Å². The largest absolute Gasteiger partial charge is 0.456 e. The van der Waals surface area contributed by atoms with Crippen LogP contribution >= 0.6 is 6.04 Å². The molecule has 0 saturated carbocycles. The zero-order valence-corrected chi connectivity index (χ0v) is 25.2. The fourth-order valence-corrected chi connectivity index (χ4v) is 12.1. The Morgan fingerprint density at radius 1 is 0.386 bits per heavy atom. The second-order valence-electron chi connectivity index (χ2n) is 11.6. The lowest BCUT2D eigenvalue weighted by Gasteiger charge is -2.38. The molecule has 0 radical (unpaired) electrons. The lowest BCUT2D eigenvalue weighted by atomic mass is 9.92. The number of fused-ring (bicyclic) bond motifs is 12. The van der Waals surface area contributed by atoms with Crippen LogP contribution in [0.5, 0.6) is 23.0 Å². The van der Waals surface area contributed by atoms with E-state index in [1.54, 1.807) is 0 Å². The molecule has 8 aromatic carbocycles. The van der Waals surface area contributed by atoms with Crippen LogP contribution in [0, 0.1) is 0 Å². The van der Waals surface area contributed by atoms with Crippen molar-refractivity contribution >= 4 is 76.8 Å². The van der Waals surface area contributed by atoms with Crippen LogP contribution in [-0.4, -0.2) is 0 Å². The van der Waals surface area contributed by atoms with E-state index in [-0.39, 0.29) is 0 Å². The fourth-order valence-electron chi connectivity index (χ4n) is 7.34. The summed E-state index contributed by atoms with van der Waals surface area (Å²) in [4.78, 5) is 0. The molecule has 0 aliphatic carbocycles. The van der Waals surface area contributed by atoms with Gasteiger partial charge in [-0.05, 0) is 90.6 Å². The van der Waals surface area contributed by atoms with Crippen LogP contribution in [0.2, 0.25) is 0 Å². The number of ether oxygens (including phenoxy) is 2. The van der Waals surface area contributed by atoms with E-state index in [9.17, 15) is 0 Å². The van der Waals surface area contributed by atoms with Crippen LogP contribution in [0.25, 0.3) is 54.2 Å². The molecule has 0 fully saturated rings. The van der Waals surface area contributed by atoms with Gasteiger partial charge in [-0.3, -0.25) is 0 Å². The van der Waals surface area contributed by atoms with Gasteiger partial charge in [0.05, 0.1) is 11.3 Å². The Hall–Kier alpha value is -4.95. The average molecular weight is 599 g/mol. The van der Waals surface area contributed by atoms with Crippen molar-refractivity contribution in [3.05, 3.63) is 140 Å². The Labute approximate surface area is 259 Å². The molecule has 2 aliphatic heterocycles. The van der Waals surface area contributed by atoms with Crippen LogP contribution in [0.3, 0.4) is 0 Å². The topological polar surface area (TPSA) is 18.5 Å². The first-order valence-corrected chi connectivity index (χ1v) is 17.6. The van der Waals surface area contributed by atoms with E-state index >= 15 is 0 Å². The van der Waals surface area contributed by atoms with E-state index in [0.717, 1.165) is 55.4 Å². The van der Waals surface area contributed by atoms with Gasteiger partial charge < -0.3 is 9.47 Å². The smallest absolute Gasteiger partial charge is 0.140 e. The van der Waals surface area contributed by atoms with Crippen molar-refractivity contribution in [2.45, 2.75) is 0 Å². The quantitative estimate of drug-likeness (QED) is 0.138. The Kier molecular flexibility index (Phi) is 4.90. The zero-order chi connectivity index (χ0) is 29.0. The first kappa shape index (κ1) is 24.5. The summed E-state index contributed by atoms with van der Waals surface area (Å²) in [5, 5.41) is 13.1. The predicted molar refractivity (Wildman–Crippen MR) is 188 cm³/mol. The average Bonchev–Trinajstić information content (AvgIpc) is 3.08. The molecule has 0 bridgehead atoms. The van der Waals surface area contributed by atoms with Gasteiger partial charge in [0.25, 0.3) is 0 Å². The van der Waals surface area contributed by atoms with Gasteiger partial charge >= 0.3 is 0 Å². The molecular weight excluding hydrogens is 575 g/mol. The van der Waals surface area contributed by atoms with Gasteiger partial charge in [-0.2, -0.15) is 0 Å². The van der Waals surface area contributed by atoms with Crippen LogP contribution < -0.4 is 25.4 Å². The molecule has 8 aromatic rings. The van der Waals surface area contributed by atoms with Gasteiger partial charge in [-0.15, -0.1) is 0 Å². The van der Waals surface area contributed by atoms with Gasteiger partial charge in [-0.1, -0.05) is 115 Å². The molecule has 1 atom stereocenters. The Balaban J connectivity index is 1.25. The minimum absolute atomic E-state index is 0.793. The van der Waals surface area contributed by atoms with Crippen LogP contribution in [0.1, 0.15) is 0 Å². The molecule has 2 heterocycles. The summed E-state index contributed by atoms with van der Waals surface area (Å²) in [7, 11) is 0. The van der Waals surface area contributed by atoms with E-state index < -0.39 is 6.04 Å². The monoisotopic (exact) mass is 598 g/mol. The molecule has 0 saturated heterocycles. The molecule has 0 amide bonds. The molecule has 1 unspecified atom stereocenters. The summed E-state index contributed by atoms with van der Waals surface area (Å²) in [6, 6.07) is 47.0. The number of rotatable bonds is 1. The molecule has 2 aliphatic rings. The van der Waals surface area contributed by atoms with Gasteiger partial charge in [0.1, 0.15) is 23.0 Å². The van der Waals surface area contributed by atoms with E-state index in [0.29, 0.717) is 0 Å². The van der Waals surface area contributed by atoms with Gasteiger partial charge in [0, 0.05) is 10.6 Å². The van der Waals surface area contributed by atoms with Crippen LogP contribution in [-0.2, 0) is 11.8 Å². The minimum atomic E-state index is -2.49. The van der Waals surface area contributed by atoms with Crippen molar-refractivity contribution < 1.29 is 9.47 Å². The Morgan fingerprint density at radius 2 is 0.955 bits per heavy atom. The third-order valence-corrected chi connectivity index (χ3v) is 14.2. The summed E-state index contributed by atoms with van der Waals surface area (Å²) in [6.45, 7) is 0. The molecule has 2 nitrogen and oxygen atoms in total. The first-order chi connectivity index (χ1) is 21.7. The van der Waals surface area contributed by atoms with Crippen LogP contribution in [0.4, 0.5) is 0 Å². The lowest BCUT2D eigenvalue weighted by molar-refractivity contribution is 0.467. The predicted octanol–water partition coefficient (Wildman–Crippen LogP) is 9.93. The molecule has 44 heavy (non-hydrogen) atoms. The number of hydrogen-bond acceptors (Lipinski definition) is 3. The summed E-state index contributed by atoms with van der Waals surface area (Å²) in [5.74, 6) is 3.27. The molecule has 4 heteroatoms. The first-order valence-electron chi connectivity index (χ1n) is 14.8. The highest BCUT2D eigenvalue weighted by Gasteiger charge is 2.43. The maximum Gasteiger partial charge on any atom is 0.140 e.